The highest BCUT2D eigenvalue weighted by molar-refractivity contribution is 9.10. The quantitative estimate of drug-likeness (QED) is 0.214. The molecular weight excluding hydrogens is 578 g/mol. The summed E-state index contributed by atoms with van der Waals surface area (Å²) in [7, 11) is 0. The molecule has 3 amide bonds. The third-order valence-corrected chi connectivity index (χ3v) is 8.87. The Kier molecular flexibility index (Phi) is 7.68. The number of hydrogen-bond donors (Lipinski definition) is 1. The zero-order chi connectivity index (χ0) is 29.6. The average molecular weight is 615 g/mol. The van der Waals surface area contributed by atoms with Gasteiger partial charge in [-0.05, 0) is 117 Å². The van der Waals surface area contributed by atoms with E-state index in [2.05, 4.69) is 59.0 Å². The zero-order valence-corrected chi connectivity index (χ0v) is 26.1. The molecule has 0 bridgehead atoms. The van der Waals surface area contributed by atoms with Crippen molar-refractivity contribution in [2.75, 3.05) is 19.6 Å². The molecule has 0 unspecified atom stereocenters. The average Bonchev–Trinajstić information content (AvgIpc) is 3.42. The van der Waals surface area contributed by atoms with Crippen molar-refractivity contribution in [2.24, 2.45) is 0 Å². The summed E-state index contributed by atoms with van der Waals surface area (Å²) in [6.07, 6.45) is 0.466. The van der Waals surface area contributed by atoms with Crippen molar-refractivity contribution >= 4 is 44.6 Å². The number of amides is 3. The Morgan fingerprint density at radius 2 is 1.51 bits per heavy atom. The van der Waals surface area contributed by atoms with Crippen LogP contribution in [0.1, 0.15) is 70.7 Å². The van der Waals surface area contributed by atoms with Gasteiger partial charge >= 0.3 is 0 Å². The molecule has 7 heteroatoms. The molecule has 4 aromatic rings. The number of nitrogens with zero attached hydrogens (tertiary/aromatic N) is 2. The Balaban J connectivity index is 1.63. The van der Waals surface area contributed by atoms with E-state index in [1.54, 1.807) is 24.3 Å². The highest BCUT2D eigenvalue weighted by Crippen LogP contribution is 2.39. The summed E-state index contributed by atoms with van der Waals surface area (Å²) in [5.41, 5.74) is 7.28. The number of H-pyrrole nitrogens is 1. The van der Waals surface area contributed by atoms with Gasteiger partial charge in [0.2, 0.25) is 5.91 Å². The molecular formula is C34H36BrN3O3. The molecule has 0 atom stereocenters. The van der Waals surface area contributed by atoms with Crippen molar-refractivity contribution in [1.82, 2.24) is 14.8 Å². The van der Waals surface area contributed by atoms with E-state index in [1.807, 2.05) is 38.7 Å². The van der Waals surface area contributed by atoms with E-state index in [0.29, 0.717) is 30.6 Å². The molecule has 41 heavy (non-hydrogen) atoms. The number of nitrogens with one attached hydrogen (secondary N) is 1. The van der Waals surface area contributed by atoms with Crippen LogP contribution in [0.25, 0.3) is 22.2 Å². The van der Waals surface area contributed by atoms with Gasteiger partial charge in [-0.15, -0.1) is 0 Å². The monoisotopic (exact) mass is 613 g/mol. The van der Waals surface area contributed by atoms with Gasteiger partial charge in [0.25, 0.3) is 11.8 Å². The lowest BCUT2D eigenvalue weighted by atomic mass is 9.82. The predicted molar refractivity (Wildman–Crippen MR) is 167 cm³/mol. The fourth-order valence-electron chi connectivity index (χ4n) is 5.99. The summed E-state index contributed by atoms with van der Waals surface area (Å²) in [5.74, 6) is -0.441. The highest BCUT2D eigenvalue weighted by Gasteiger charge is 2.36. The van der Waals surface area contributed by atoms with E-state index >= 15 is 0 Å². The third-order valence-electron chi connectivity index (χ3n) is 8.25. The van der Waals surface area contributed by atoms with E-state index in [1.165, 1.54) is 4.90 Å². The van der Waals surface area contributed by atoms with Crippen molar-refractivity contribution in [3.63, 3.8) is 0 Å². The first-order valence-electron chi connectivity index (χ1n) is 14.2. The molecule has 212 valence electrons. The molecule has 0 aliphatic carbocycles. The van der Waals surface area contributed by atoms with Gasteiger partial charge in [0.15, 0.2) is 0 Å². The number of aryl methyl sites for hydroxylation is 2. The molecule has 6 nitrogen and oxygen atoms in total. The molecule has 5 rings (SSSR count). The van der Waals surface area contributed by atoms with Crippen LogP contribution in [0.4, 0.5) is 0 Å². The van der Waals surface area contributed by atoms with Crippen molar-refractivity contribution in [1.29, 1.82) is 0 Å². The number of carbonyl (C=O) groups is 3. The number of aromatic nitrogens is 1. The van der Waals surface area contributed by atoms with Crippen LogP contribution in [0, 0.1) is 13.8 Å². The van der Waals surface area contributed by atoms with Crippen molar-refractivity contribution < 1.29 is 14.4 Å². The molecule has 1 aliphatic heterocycles. The fraction of sp³-hybridized carbons (Fsp3) is 0.324. The summed E-state index contributed by atoms with van der Waals surface area (Å²) in [4.78, 5) is 46.7. The van der Waals surface area contributed by atoms with Crippen LogP contribution in [-0.2, 0) is 16.6 Å². The maximum absolute atomic E-state index is 13.6. The van der Waals surface area contributed by atoms with Gasteiger partial charge in [-0.1, -0.05) is 29.3 Å². The fourth-order valence-corrected chi connectivity index (χ4v) is 6.55. The van der Waals surface area contributed by atoms with Gasteiger partial charge in [-0.2, -0.15) is 0 Å². The number of carbonyl (C=O) groups excluding carboxylic acids is 3. The van der Waals surface area contributed by atoms with Crippen molar-refractivity contribution in [3.8, 4) is 11.3 Å². The van der Waals surface area contributed by atoms with Crippen LogP contribution in [0.5, 0.6) is 0 Å². The molecule has 2 heterocycles. The molecule has 1 aliphatic rings. The first-order chi connectivity index (χ1) is 19.5. The van der Waals surface area contributed by atoms with Crippen LogP contribution in [0.2, 0.25) is 0 Å². The summed E-state index contributed by atoms with van der Waals surface area (Å²) in [6, 6.07) is 17.5. The van der Waals surface area contributed by atoms with E-state index in [-0.39, 0.29) is 24.3 Å². The van der Waals surface area contributed by atoms with Crippen LogP contribution >= 0.6 is 15.9 Å². The molecule has 0 spiro atoms. The van der Waals surface area contributed by atoms with Crippen LogP contribution in [0.3, 0.4) is 0 Å². The lowest BCUT2D eigenvalue weighted by Crippen LogP contribution is -2.43. The Hall–Kier alpha value is -3.71. The minimum atomic E-state index is -0.750. The number of hydrogen-bond acceptors (Lipinski definition) is 3. The van der Waals surface area contributed by atoms with E-state index in [0.717, 1.165) is 48.9 Å². The van der Waals surface area contributed by atoms with Crippen molar-refractivity contribution in [2.45, 2.75) is 53.4 Å². The number of imide groups is 1. The van der Waals surface area contributed by atoms with Crippen LogP contribution < -0.4 is 0 Å². The normalized spacial score (nSPS) is 13.3. The van der Waals surface area contributed by atoms with E-state index in [4.69, 9.17) is 0 Å². The summed E-state index contributed by atoms with van der Waals surface area (Å²) < 4.78 is 0.864. The van der Waals surface area contributed by atoms with Gasteiger partial charge in [-0.3, -0.25) is 19.3 Å². The smallest absolute Gasteiger partial charge is 0.261 e. The second-order valence-corrected chi connectivity index (χ2v) is 12.2. The first-order valence-corrected chi connectivity index (χ1v) is 14.9. The van der Waals surface area contributed by atoms with E-state index < -0.39 is 5.41 Å². The first kappa shape index (κ1) is 28.8. The lowest BCUT2D eigenvalue weighted by molar-refractivity contribution is -0.135. The van der Waals surface area contributed by atoms with Gasteiger partial charge < -0.3 is 9.88 Å². The largest absolute Gasteiger partial charge is 0.353 e. The summed E-state index contributed by atoms with van der Waals surface area (Å²) in [5, 5.41) is 0.973. The number of rotatable bonds is 8. The summed E-state index contributed by atoms with van der Waals surface area (Å²) in [6.45, 7) is 13.6. The van der Waals surface area contributed by atoms with Crippen LogP contribution in [0.15, 0.2) is 59.1 Å². The standard InChI is InChI=1S/C34H36BrN3O3/c1-7-37(8-2)33(41)34(5,6)23-18-27-24(13-14-38-31(39)25-11-9-10-12-26(25)32(38)40)29(36-30(27)28(35)19-23)22-16-20(3)15-21(4)17-22/h9-12,15-19,36H,7-8,13-14H2,1-6H3. The Morgan fingerprint density at radius 3 is 2.07 bits per heavy atom. The molecule has 0 radical (unpaired) electrons. The summed E-state index contributed by atoms with van der Waals surface area (Å²) >= 11 is 3.79. The van der Waals surface area contributed by atoms with Crippen molar-refractivity contribution in [3.05, 3.63) is 92.5 Å². The molecule has 1 aromatic heterocycles. The number of fused-ring (bicyclic) bond motifs is 2. The Bertz CT molecular complexity index is 1640. The van der Waals surface area contributed by atoms with Gasteiger partial charge in [-0.25, -0.2) is 0 Å². The molecule has 3 aromatic carbocycles. The Labute approximate surface area is 249 Å². The van der Waals surface area contributed by atoms with E-state index in [9.17, 15) is 14.4 Å². The molecule has 1 N–H and O–H groups in total. The minimum Gasteiger partial charge on any atom is -0.353 e. The molecule has 0 fully saturated rings. The van der Waals surface area contributed by atoms with Gasteiger partial charge in [0.05, 0.1) is 22.1 Å². The van der Waals surface area contributed by atoms with Gasteiger partial charge in [0.1, 0.15) is 0 Å². The topological polar surface area (TPSA) is 73.5 Å². The lowest BCUT2D eigenvalue weighted by Gasteiger charge is -2.31. The highest BCUT2D eigenvalue weighted by atomic mass is 79.9. The third kappa shape index (κ3) is 5.01. The zero-order valence-electron chi connectivity index (χ0n) is 24.5. The number of aromatic amines is 1. The second-order valence-electron chi connectivity index (χ2n) is 11.4. The van der Waals surface area contributed by atoms with Gasteiger partial charge in [0, 0.05) is 35.2 Å². The maximum Gasteiger partial charge on any atom is 0.261 e. The molecule has 0 saturated heterocycles. The SMILES string of the molecule is CCN(CC)C(=O)C(C)(C)c1cc(Br)c2[nH]c(-c3cc(C)cc(C)c3)c(CCN3C(=O)c4ccccc4C3=O)c2c1. The van der Waals surface area contributed by atoms with Crippen LogP contribution in [-0.4, -0.2) is 52.1 Å². The Morgan fingerprint density at radius 1 is 0.927 bits per heavy atom. The predicted octanol–water partition coefficient (Wildman–Crippen LogP) is 7.20. The number of halogens is 1. The second kappa shape index (κ2) is 10.9. The number of likely N-dealkylation sites (N-methyl/N-ethyl adjacent to an activating group) is 1. The number of benzene rings is 3. The maximum atomic E-state index is 13.6. The minimum absolute atomic E-state index is 0.0754. The molecule has 0 saturated carbocycles.